The molecular formula is C20H31FIN7O. The zero-order chi connectivity index (χ0) is 20.6. The van der Waals surface area contributed by atoms with Crippen LogP contribution in [0.4, 0.5) is 4.39 Å². The molecule has 0 atom stereocenters. The van der Waals surface area contributed by atoms with Crippen molar-refractivity contribution >= 4 is 29.9 Å². The predicted octanol–water partition coefficient (Wildman–Crippen LogP) is 2.00. The van der Waals surface area contributed by atoms with E-state index in [2.05, 4.69) is 41.8 Å². The Labute approximate surface area is 194 Å². The molecule has 1 aromatic carbocycles. The van der Waals surface area contributed by atoms with E-state index in [9.17, 15) is 4.39 Å². The minimum Gasteiger partial charge on any atom is -0.494 e. The van der Waals surface area contributed by atoms with Gasteiger partial charge in [-0.1, -0.05) is 13.0 Å². The Morgan fingerprint density at radius 2 is 2.03 bits per heavy atom. The van der Waals surface area contributed by atoms with Crippen molar-refractivity contribution in [1.29, 1.82) is 0 Å². The van der Waals surface area contributed by atoms with E-state index in [1.807, 2.05) is 13.1 Å². The van der Waals surface area contributed by atoms with Gasteiger partial charge in [-0.2, -0.15) is 0 Å². The van der Waals surface area contributed by atoms with Crippen molar-refractivity contribution in [2.75, 3.05) is 46.9 Å². The molecule has 3 rings (SSSR count). The average molecular weight is 531 g/mol. The van der Waals surface area contributed by atoms with Gasteiger partial charge in [0.2, 0.25) is 0 Å². The van der Waals surface area contributed by atoms with Gasteiger partial charge in [-0.3, -0.25) is 9.89 Å². The number of methoxy groups -OCH3 is 1. The van der Waals surface area contributed by atoms with Crippen LogP contribution < -0.4 is 10.1 Å². The number of aromatic nitrogens is 3. The van der Waals surface area contributed by atoms with E-state index >= 15 is 0 Å². The molecule has 1 aliphatic rings. The summed E-state index contributed by atoms with van der Waals surface area (Å²) >= 11 is 0. The summed E-state index contributed by atoms with van der Waals surface area (Å²) in [5, 5.41) is 11.5. The van der Waals surface area contributed by atoms with E-state index in [1.54, 1.807) is 18.5 Å². The van der Waals surface area contributed by atoms with Gasteiger partial charge in [-0.05, 0) is 17.7 Å². The molecule has 0 spiro atoms. The van der Waals surface area contributed by atoms with Crippen molar-refractivity contribution in [3.63, 3.8) is 0 Å². The maximum atomic E-state index is 13.9. The molecule has 0 radical (unpaired) electrons. The number of benzene rings is 1. The molecule has 8 nitrogen and oxygen atoms in total. The number of aryl methyl sites for hydroxylation is 1. The Bertz CT molecular complexity index is 821. The quantitative estimate of drug-likeness (QED) is 0.335. The Hall–Kier alpha value is -1.95. The fourth-order valence-corrected chi connectivity index (χ4v) is 3.54. The molecule has 1 N–H and O–H groups in total. The maximum absolute atomic E-state index is 13.9. The molecule has 2 aromatic rings. The first kappa shape index (κ1) is 24.3. The molecule has 30 heavy (non-hydrogen) atoms. The van der Waals surface area contributed by atoms with Crippen LogP contribution in [-0.2, 0) is 19.5 Å². The van der Waals surface area contributed by atoms with Crippen molar-refractivity contribution in [3.05, 3.63) is 41.7 Å². The number of hydrogen-bond acceptors (Lipinski definition) is 5. The minimum absolute atomic E-state index is 0. The highest BCUT2D eigenvalue weighted by Gasteiger charge is 2.20. The maximum Gasteiger partial charge on any atom is 0.193 e. The van der Waals surface area contributed by atoms with Gasteiger partial charge in [0.05, 0.1) is 7.11 Å². The van der Waals surface area contributed by atoms with Crippen LogP contribution >= 0.6 is 24.0 Å². The van der Waals surface area contributed by atoms with Crippen molar-refractivity contribution in [2.45, 2.75) is 26.4 Å². The van der Waals surface area contributed by atoms with Crippen molar-refractivity contribution in [3.8, 4) is 5.75 Å². The lowest BCUT2D eigenvalue weighted by Gasteiger charge is -2.36. The minimum atomic E-state index is -0.312. The average Bonchev–Trinajstić information content (AvgIpc) is 3.20. The molecule has 10 heteroatoms. The van der Waals surface area contributed by atoms with Crippen LogP contribution in [0.15, 0.2) is 29.5 Å². The zero-order valence-corrected chi connectivity index (χ0v) is 20.2. The number of nitrogens with zero attached hydrogens (tertiary/aromatic N) is 6. The standard InChI is InChI=1S/C20H30FN7O.HI/c1-4-19-25-24-15-28(19)8-7-23-20(22-2)27-11-9-26(10-12-27)14-16-5-6-18(29-3)17(21)13-16;/h5-6,13,15H,4,7-12,14H2,1-3H3,(H,22,23);1H. The Morgan fingerprint density at radius 1 is 1.27 bits per heavy atom. The highest BCUT2D eigenvalue weighted by Crippen LogP contribution is 2.19. The van der Waals surface area contributed by atoms with Crippen LogP contribution in [0.1, 0.15) is 18.3 Å². The lowest BCUT2D eigenvalue weighted by molar-refractivity contribution is 0.172. The number of ether oxygens (including phenoxy) is 1. The molecule has 1 aromatic heterocycles. The Balaban J connectivity index is 0.00000320. The molecule has 2 heterocycles. The fourth-order valence-electron chi connectivity index (χ4n) is 3.54. The molecule has 1 fully saturated rings. The Kier molecular flexibility index (Phi) is 9.76. The van der Waals surface area contributed by atoms with Crippen molar-refractivity contribution in [1.82, 2.24) is 29.9 Å². The highest BCUT2D eigenvalue weighted by molar-refractivity contribution is 14.0. The largest absolute Gasteiger partial charge is 0.494 e. The third kappa shape index (κ3) is 6.27. The summed E-state index contributed by atoms with van der Waals surface area (Å²) in [6, 6.07) is 5.16. The second-order valence-electron chi connectivity index (χ2n) is 7.00. The molecular weight excluding hydrogens is 500 g/mol. The molecule has 0 saturated carbocycles. The molecule has 1 aliphatic heterocycles. The monoisotopic (exact) mass is 531 g/mol. The first-order valence-corrected chi connectivity index (χ1v) is 10.0. The molecule has 166 valence electrons. The number of aliphatic imine (C=N–C) groups is 1. The number of nitrogens with one attached hydrogen (secondary N) is 1. The summed E-state index contributed by atoms with van der Waals surface area (Å²) < 4.78 is 21.0. The second kappa shape index (κ2) is 12.0. The van der Waals surface area contributed by atoms with Crippen molar-refractivity contribution < 1.29 is 9.13 Å². The van der Waals surface area contributed by atoms with Gasteiger partial charge in [-0.15, -0.1) is 34.2 Å². The number of piperazine rings is 1. The third-order valence-electron chi connectivity index (χ3n) is 5.15. The lowest BCUT2D eigenvalue weighted by Crippen LogP contribution is -2.52. The number of hydrogen-bond donors (Lipinski definition) is 1. The first-order chi connectivity index (χ1) is 14.1. The smallest absolute Gasteiger partial charge is 0.193 e. The van der Waals surface area contributed by atoms with Gasteiger partial charge in [0, 0.05) is 59.3 Å². The van der Waals surface area contributed by atoms with Gasteiger partial charge in [-0.25, -0.2) is 4.39 Å². The summed E-state index contributed by atoms with van der Waals surface area (Å²) in [6.07, 6.45) is 2.64. The molecule has 0 amide bonds. The van der Waals surface area contributed by atoms with E-state index in [-0.39, 0.29) is 35.5 Å². The zero-order valence-electron chi connectivity index (χ0n) is 17.8. The summed E-state index contributed by atoms with van der Waals surface area (Å²) in [6.45, 7) is 7.94. The Morgan fingerprint density at radius 3 is 2.67 bits per heavy atom. The summed E-state index contributed by atoms with van der Waals surface area (Å²) in [4.78, 5) is 9.01. The van der Waals surface area contributed by atoms with Crippen molar-refractivity contribution in [2.24, 2.45) is 4.99 Å². The normalized spacial score (nSPS) is 15.1. The van der Waals surface area contributed by atoms with E-state index in [4.69, 9.17) is 4.74 Å². The van der Waals surface area contributed by atoms with Crippen LogP contribution in [0, 0.1) is 5.82 Å². The lowest BCUT2D eigenvalue weighted by atomic mass is 10.2. The summed E-state index contributed by atoms with van der Waals surface area (Å²) in [5.74, 6) is 1.87. The summed E-state index contributed by atoms with van der Waals surface area (Å²) in [7, 11) is 3.29. The summed E-state index contributed by atoms with van der Waals surface area (Å²) in [5.41, 5.74) is 0.958. The SMILES string of the molecule is CCc1nncn1CCNC(=NC)N1CCN(Cc2ccc(OC)c(F)c2)CC1.I. The van der Waals surface area contributed by atoms with E-state index < -0.39 is 0 Å². The topological polar surface area (TPSA) is 70.8 Å². The molecule has 0 bridgehead atoms. The van der Waals surface area contributed by atoms with Crippen LogP contribution in [-0.4, -0.2) is 77.4 Å². The van der Waals surface area contributed by atoms with E-state index in [0.717, 1.165) is 69.6 Å². The van der Waals surface area contributed by atoms with Crippen LogP contribution in [0.25, 0.3) is 0 Å². The van der Waals surface area contributed by atoms with Gasteiger partial charge in [0.25, 0.3) is 0 Å². The third-order valence-corrected chi connectivity index (χ3v) is 5.15. The van der Waals surface area contributed by atoms with Crippen LogP contribution in [0.5, 0.6) is 5.75 Å². The van der Waals surface area contributed by atoms with Gasteiger partial charge >= 0.3 is 0 Å². The van der Waals surface area contributed by atoms with E-state index in [1.165, 1.54) is 7.11 Å². The van der Waals surface area contributed by atoms with Gasteiger partial charge in [0.1, 0.15) is 12.2 Å². The second-order valence-corrected chi connectivity index (χ2v) is 7.00. The van der Waals surface area contributed by atoms with Gasteiger partial charge in [0.15, 0.2) is 17.5 Å². The highest BCUT2D eigenvalue weighted by atomic mass is 127. The molecule has 1 saturated heterocycles. The van der Waals surface area contributed by atoms with E-state index in [0.29, 0.717) is 0 Å². The van der Waals surface area contributed by atoms with Gasteiger partial charge < -0.3 is 19.5 Å². The predicted molar refractivity (Wildman–Crippen MR) is 126 cm³/mol. The fraction of sp³-hybridized carbons (Fsp3) is 0.550. The first-order valence-electron chi connectivity index (χ1n) is 10.0. The number of guanidine groups is 1. The molecule has 0 unspecified atom stereocenters. The van der Waals surface area contributed by atoms with Crippen LogP contribution in [0.2, 0.25) is 0 Å². The molecule has 0 aliphatic carbocycles. The number of halogens is 2. The number of rotatable bonds is 7. The van der Waals surface area contributed by atoms with Crippen LogP contribution in [0.3, 0.4) is 0 Å².